The fourth-order valence-corrected chi connectivity index (χ4v) is 10.8. The molecule has 338 valence electrons. The van der Waals surface area contributed by atoms with Crippen molar-refractivity contribution < 1.29 is 34.2 Å². The van der Waals surface area contributed by atoms with Crippen molar-refractivity contribution in [2.24, 2.45) is 29.1 Å². The van der Waals surface area contributed by atoms with Gasteiger partial charge in [0.05, 0.1) is 33.0 Å². The number of anilines is 1. The van der Waals surface area contributed by atoms with E-state index < -0.39 is 30.2 Å². The summed E-state index contributed by atoms with van der Waals surface area (Å²) in [6.45, 7) is 13.2. The molecule has 0 spiro atoms. The summed E-state index contributed by atoms with van der Waals surface area (Å²) < 4.78 is 6.12. The lowest BCUT2D eigenvalue weighted by molar-refractivity contribution is -0.183. The van der Waals surface area contributed by atoms with E-state index in [4.69, 9.17) is 9.57 Å². The Hall–Kier alpha value is -3.79. The van der Waals surface area contributed by atoms with Gasteiger partial charge in [0.1, 0.15) is 23.9 Å². The van der Waals surface area contributed by atoms with Gasteiger partial charge in [0.25, 0.3) is 5.91 Å². The zero-order valence-corrected chi connectivity index (χ0v) is 38.5. The van der Waals surface area contributed by atoms with Crippen LogP contribution in [0.4, 0.5) is 5.69 Å². The molecule has 3 aliphatic carbocycles. The van der Waals surface area contributed by atoms with Crippen molar-refractivity contribution in [3.05, 3.63) is 47.5 Å². The van der Waals surface area contributed by atoms with Crippen LogP contribution in [-0.4, -0.2) is 153 Å². The highest BCUT2D eigenvalue weighted by Crippen LogP contribution is 2.61. The monoisotopic (exact) mass is 848 g/mol. The molecule has 3 amide bonds. The highest BCUT2D eigenvalue weighted by molar-refractivity contribution is 5.99. The normalized spacial score (nSPS) is 28.5. The highest BCUT2D eigenvalue weighted by Gasteiger charge is 2.57. The highest BCUT2D eigenvalue weighted by atomic mass is 16.7. The maximum atomic E-state index is 14.4. The second kappa shape index (κ2) is 19.3. The topological polar surface area (TPSA) is 150 Å². The first-order chi connectivity index (χ1) is 28.9. The molecule has 5 fully saturated rings. The predicted molar refractivity (Wildman–Crippen MR) is 238 cm³/mol. The van der Waals surface area contributed by atoms with E-state index in [1.807, 2.05) is 55.4 Å². The number of carbonyl (C=O) groups is 3. The number of fused-ring (bicyclic) bond motifs is 2. The molecule has 14 nitrogen and oxygen atoms in total. The van der Waals surface area contributed by atoms with E-state index in [-0.39, 0.29) is 48.4 Å². The Bertz CT molecular complexity index is 1870. The summed E-state index contributed by atoms with van der Waals surface area (Å²) in [6, 6.07) is 9.93. The van der Waals surface area contributed by atoms with E-state index in [0.717, 1.165) is 61.4 Å². The molecule has 2 heterocycles. The number of methoxy groups -OCH3 is 1. The number of likely N-dealkylation sites (N-methyl/N-ethyl adjacent to an activating group) is 2. The van der Waals surface area contributed by atoms with E-state index in [9.17, 15) is 24.6 Å². The fraction of sp³-hybridized carbons (Fsp3) is 0.681. The number of benzene rings is 2. The molecule has 5 aliphatic rings. The summed E-state index contributed by atoms with van der Waals surface area (Å²) in [5, 5.41) is 29.5. The number of hydrogen-bond donors (Lipinski definition) is 4. The van der Waals surface area contributed by atoms with Gasteiger partial charge in [-0.2, -0.15) is 5.06 Å². The Morgan fingerprint density at radius 3 is 2.44 bits per heavy atom. The summed E-state index contributed by atoms with van der Waals surface area (Å²) in [7, 11) is 10.9. The van der Waals surface area contributed by atoms with Gasteiger partial charge >= 0.3 is 0 Å². The van der Waals surface area contributed by atoms with Gasteiger partial charge in [0.2, 0.25) is 11.8 Å². The molecule has 4 N–H and O–H groups in total. The van der Waals surface area contributed by atoms with Gasteiger partial charge in [0, 0.05) is 75.1 Å². The first kappa shape index (κ1) is 46.7. The molecule has 2 bridgehead atoms. The fourth-order valence-electron chi connectivity index (χ4n) is 10.8. The van der Waals surface area contributed by atoms with Crippen LogP contribution in [0.2, 0.25) is 0 Å². The van der Waals surface area contributed by atoms with Gasteiger partial charge in [-0.1, -0.05) is 52.3 Å². The van der Waals surface area contributed by atoms with Crippen molar-refractivity contribution in [2.75, 3.05) is 73.6 Å². The van der Waals surface area contributed by atoms with Crippen molar-refractivity contribution >= 4 is 23.4 Å². The standard InChI is InChI=1S/C47H73N7O7/c1-12-13-17-53-25-35(52(10)27-53)23-39(46(59)51(8)9)49-44(57)32-18-31(19-34(20-32)50(6)7)36-16-14-15-30(43(36)60-11)24-54-42(41(29(3)56)40(26-55)61-54)45(58)48-38-22-33-21-37(28(38)2)47(33,4)5/h14-16,18-20,28-29,33,35,37-42,55-56H,12-13,17,21-27H2,1-11H3,(H,48,58)(H,49,57)/t28-,29-,33+,35?,37-,38-,39-,40-,41-,42-/m0/s1. The summed E-state index contributed by atoms with van der Waals surface area (Å²) in [5.41, 5.74) is 3.63. The lowest BCUT2D eigenvalue weighted by Gasteiger charge is -2.62. The van der Waals surface area contributed by atoms with Crippen LogP contribution in [-0.2, 0) is 21.0 Å². The molecule has 2 aliphatic heterocycles. The zero-order valence-electron chi connectivity index (χ0n) is 38.5. The molecule has 0 aromatic heterocycles. The summed E-state index contributed by atoms with van der Waals surface area (Å²) in [6.07, 6.45) is 3.12. The minimum absolute atomic E-state index is 0.0171. The number of carbonyl (C=O) groups excluding carboxylic acids is 3. The smallest absolute Gasteiger partial charge is 0.252 e. The number of nitrogens with zero attached hydrogens (tertiary/aromatic N) is 5. The van der Waals surface area contributed by atoms with E-state index in [1.54, 1.807) is 33.2 Å². The number of unbranched alkanes of at least 4 members (excludes halogenated alkanes) is 1. The third-order valence-electron chi connectivity index (χ3n) is 14.6. The quantitative estimate of drug-likeness (QED) is 0.183. The maximum absolute atomic E-state index is 14.4. The van der Waals surface area contributed by atoms with Crippen LogP contribution in [0.15, 0.2) is 36.4 Å². The second-order valence-corrected chi connectivity index (χ2v) is 19.4. The van der Waals surface area contributed by atoms with E-state index in [0.29, 0.717) is 35.5 Å². The minimum atomic E-state index is -0.923. The zero-order chi connectivity index (χ0) is 44.5. The van der Waals surface area contributed by atoms with Crippen LogP contribution in [0, 0.1) is 29.1 Å². The lowest BCUT2D eigenvalue weighted by Crippen LogP contribution is -2.62. The molecule has 0 radical (unpaired) electrons. The number of para-hydroxylation sites is 1. The first-order valence-corrected chi connectivity index (χ1v) is 22.4. The molecule has 3 saturated carbocycles. The molecule has 1 unspecified atom stereocenters. The number of aliphatic hydroxyl groups excluding tert-OH is 2. The van der Waals surface area contributed by atoms with Crippen molar-refractivity contribution in [2.45, 2.75) is 110 Å². The number of hydrogen-bond acceptors (Lipinski definition) is 11. The van der Waals surface area contributed by atoms with Gasteiger partial charge in [0.15, 0.2) is 0 Å². The third-order valence-corrected chi connectivity index (χ3v) is 14.6. The Morgan fingerprint density at radius 1 is 1.10 bits per heavy atom. The molecule has 7 rings (SSSR count). The molecule has 2 aromatic rings. The van der Waals surface area contributed by atoms with Crippen LogP contribution in [0.1, 0.15) is 82.6 Å². The number of hydroxylamine groups is 2. The lowest BCUT2D eigenvalue weighted by atomic mass is 9.45. The predicted octanol–water partition coefficient (Wildman–Crippen LogP) is 4.04. The van der Waals surface area contributed by atoms with Gasteiger partial charge in [-0.05, 0) is 93.1 Å². The van der Waals surface area contributed by atoms with Crippen LogP contribution < -0.4 is 20.3 Å². The number of rotatable bonds is 17. The molecule has 61 heavy (non-hydrogen) atoms. The summed E-state index contributed by atoms with van der Waals surface area (Å²) in [5.74, 6) is 0.552. The maximum Gasteiger partial charge on any atom is 0.252 e. The van der Waals surface area contributed by atoms with Crippen molar-refractivity contribution in [3.8, 4) is 16.9 Å². The number of nitrogens with one attached hydrogen (secondary N) is 2. The van der Waals surface area contributed by atoms with Crippen LogP contribution in [0.25, 0.3) is 11.1 Å². The van der Waals surface area contributed by atoms with Gasteiger partial charge < -0.3 is 35.4 Å². The summed E-state index contributed by atoms with van der Waals surface area (Å²) in [4.78, 5) is 56.6. The molecule has 10 atom stereocenters. The first-order valence-electron chi connectivity index (χ1n) is 22.4. The van der Waals surface area contributed by atoms with Crippen molar-refractivity contribution in [3.63, 3.8) is 0 Å². The van der Waals surface area contributed by atoms with Crippen molar-refractivity contribution in [1.82, 2.24) is 30.4 Å². The summed E-state index contributed by atoms with van der Waals surface area (Å²) >= 11 is 0. The van der Waals surface area contributed by atoms with Crippen LogP contribution >= 0.6 is 0 Å². The van der Waals surface area contributed by atoms with Crippen LogP contribution in [0.5, 0.6) is 5.75 Å². The van der Waals surface area contributed by atoms with Gasteiger partial charge in [-0.15, -0.1) is 0 Å². The molecule has 2 aromatic carbocycles. The number of aliphatic hydroxyl groups is 2. The van der Waals surface area contributed by atoms with E-state index in [2.05, 4.69) is 55.2 Å². The Balaban J connectivity index is 1.27. The molecule has 2 saturated heterocycles. The Morgan fingerprint density at radius 2 is 1.84 bits per heavy atom. The SMILES string of the molecule is CCCCN1CC(C[C@H](NC(=O)c2cc(-c3cccc(CN4O[C@@H](CO)[C@H]([C@H](C)O)[C@H]4C(=O)N[C@H]4C[C@H]5C[C@@H]([C@@H]4C)C5(C)C)c3OC)cc(N(C)C)c2)C(=O)N(C)C)N(C)C1. The average molecular weight is 848 g/mol. The number of amides is 3. The Kier molecular flexibility index (Phi) is 14.8. The second-order valence-electron chi connectivity index (χ2n) is 19.4. The molecular weight excluding hydrogens is 775 g/mol. The minimum Gasteiger partial charge on any atom is -0.496 e. The number of ether oxygens (including phenoxy) is 1. The van der Waals surface area contributed by atoms with Gasteiger partial charge in [-0.3, -0.25) is 29.0 Å². The van der Waals surface area contributed by atoms with E-state index in [1.165, 1.54) is 11.3 Å². The molecular formula is C47H73N7O7. The largest absolute Gasteiger partial charge is 0.496 e. The Labute approximate surface area is 363 Å². The van der Waals surface area contributed by atoms with E-state index >= 15 is 0 Å². The third kappa shape index (κ3) is 9.74. The van der Waals surface area contributed by atoms with Crippen LogP contribution in [0.3, 0.4) is 0 Å². The van der Waals surface area contributed by atoms with Gasteiger partial charge in [-0.25, -0.2) is 0 Å². The molecule has 14 heteroatoms. The van der Waals surface area contributed by atoms with Crippen molar-refractivity contribution in [1.29, 1.82) is 0 Å². The average Bonchev–Trinajstić information content (AvgIpc) is 3.78.